The normalized spacial score (nSPS) is 11.5. The second-order valence-corrected chi connectivity index (χ2v) is 4.61. The fraction of sp³-hybridized carbons (Fsp3) is 0.182. The minimum Gasteiger partial charge on any atom is -0.486 e. The minimum absolute atomic E-state index is 0.188. The highest BCUT2D eigenvalue weighted by Gasteiger charge is 2.29. The first kappa shape index (κ1) is 12.7. The molecule has 2 N–H and O–H groups in total. The minimum atomic E-state index is -4.33. The highest BCUT2D eigenvalue weighted by molar-refractivity contribution is 7.15. The van der Waals surface area contributed by atoms with Crippen molar-refractivity contribution in [3.05, 3.63) is 41.0 Å². The molecule has 0 unspecified atom stereocenters. The van der Waals surface area contributed by atoms with E-state index in [1.54, 1.807) is 0 Å². The van der Waals surface area contributed by atoms with Gasteiger partial charge in [-0.15, -0.1) is 0 Å². The summed E-state index contributed by atoms with van der Waals surface area (Å²) in [6, 6.07) is 4.51. The van der Waals surface area contributed by atoms with E-state index in [-0.39, 0.29) is 6.61 Å². The molecule has 96 valence electrons. The van der Waals surface area contributed by atoms with Gasteiger partial charge in [0.15, 0.2) is 0 Å². The van der Waals surface area contributed by atoms with E-state index in [4.69, 9.17) is 10.5 Å². The average molecular weight is 274 g/mol. The van der Waals surface area contributed by atoms with Gasteiger partial charge < -0.3 is 10.5 Å². The van der Waals surface area contributed by atoms with Crippen molar-refractivity contribution >= 4 is 16.3 Å². The quantitative estimate of drug-likeness (QED) is 0.934. The Morgan fingerprint density at radius 3 is 2.39 bits per heavy atom. The van der Waals surface area contributed by atoms with E-state index < -0.39 is 11.7 Å². The van der Waals surface area contributed by atoms with E-state index in [0.717, 1.165) is 12.1 Å². The van der Waals surface area contributed by atoms with E-state index in [2.05, 4.69) is 4.98 Å². The summed E-state index contributed by atoms with van der Waals surface area (Å²) in [5, 5.41) is 1.24. The monoisotopic (exact) mass is 274 g/mol. The number of ether oxygens (including phenoxy) is 1. The maximum atomic E-state index is 12.3. The number of thiazole rings is 1. The summed E-state index contributed by atoms with van der Waals surface area (Å²) in [5.74, 6) is 0.358. The molecule has 2 aromatic rings. The summed E-state index contributed by atoms with van der Waals surface area (Å²) in [6.07, 6.45) is -2.82. The second-order valence-electron chi connectivity index (χ2n) is 3.47. The third-order valence-electron chi connectivity index (χ3n) is 2.12. The Morgan fingerprint density at radius 1 is 1.22 bits per heavy atom. The van der Waals surface area contributed by atoms with E-state index in [0.29, 0.717) is 15.8 Å². The van der Waals surface area contributed by atoms with Crippen LogP contribution in [0.4, 0.5) is 18.2 Å². The number of hydrogen-bond acceptors (Lipinski definition) is 4. The van der Waals surface area contributed by atoms with Crippen LogP contribution in [0.2, 0.25) is 0 Å². The number of hydrogen-bond donors (Lipinski definition) is 1. The number of nitrogens with zero attached hydrogens (tertiary/aromatic N) is 1. The van der Waals surface area contributed by atoms with Crippen LogP contribution in [0.25, 0.3) is 0 Å². The number of benzene rings is 1. The van der Waals surface area contributed by atoms with Gasteiger partial charge >= 0.3 is 6.18 Å². The van der Waals surface area contributed by atoms with Crippen molar-refractivity contribution < 1.29 is 17.9 Å². The molecule has 18 heavy (non-hydrogen) atoms. The van der Waals surface area contributed by atoms with Crippen LogP contribution in [-0.2, 0) is 12.8 Å². The summed E-state index contributed by atoms with van der Waals surface area (Å²) < 4.78 is 42.2. The number of halogens is 3. The molecule has 0 aliphatic rings. The van der Waals surface area contributed by atoms with Gasteiger partial charge in [-0.3, -0.25) is 0 Å². The number of anilines is 1. The van der Waals surface area contributed by atoms with Gasteiger partial charge in [0, 0.05) is 0 Å². The lowest BCUT2D eigenvalue weighted by molar-refractivity contribution is -0.137. The third kappa shape index (κ3) is 3.13. The maximum Gasteiger partial charge on any atom is 0.416 e. The first-order valence-corrected chi connectivity index (χ1v) is 5.77. The molecule has 0 aliphatic carbocycles. The highest BCUT2D eigenvalue weighted by atomic mass is 32.1. The molecule has 0 saturated heterocycles. The number of aromatic nitrogens is 1. The Hall–Kier alpha value is -1.76. The summed E-state index contributed by atoms with van der Waals surface area (Å²) in [7, 11) is 0. The van der Waals surface area contributed by atoms with E-state index in [1.165, 1.54) is 29.7 Å². The van der Waals surface area contributed by atoms with Crippen molar-refractivity contribution in [2.24, 2.45) is 0 Å². The molecule has 0 saturated carbocycles. The smallest absolute Gasteiger partial charge is 0.416 e. The van der Waals surface area contributed by atoms with Crippen LogP contribution >= 0.6 is 11.3 Å². The van der Waals surface area contributed by atoms with Crippen LogP contribution in [0, 0.1) is 0 Å². The first-order chi connectivity index (χ1) is 8.45. The Balaban J connectivity index is 1.98. The Labute approximate surface area is 105 Å². The predicted molar refractivity (Wildman–Crippen MR) is 62.3 cm³/mol. The number of nitrogens with two attached hydrogens (primary N) is 1. The predicted octanol–water partition coefficient (Wildman–Crippen LogP) is 3.32. The summed E-state index contributed by atoms with van der Waals surface area (Å²) in [4.78, 5) is 3.98. The van der Waals surface area contributed by atoms with E-state index in [9.17, 15) is 13.2 Å². The van der Waals surface area contributed by atoms with Crippen molar-refractivity contribution in [1.82, 2.24) is 4.98 Å². The largest absolute Gasteiger partial charge is 0.486 e. The van der Waals surface area contributed by atoms with Crippen molar-refractivity contribution in [1.29, 1.82) is 0 Å². The van der Waals surface area contributed by atoms with Gasteiger partial charge in [0.1, 0.15) is 22.4 Å². The molecule has 0 radical (unpaired) electrons. The zero-order valence-electron chi connectivity index (χ0n) is 9.07. The molecule has 2 rings (SSSR count). The lowest BCUT2D eigenvalue weighted by Crippen LogP contribution is -2.04. The standard InChI is InChI=1S/C11H9F3N2OS/c12-11(13,14)7-1-3-8(4-2-7)17-6-10-16-5-9(15)18-10/h1-5H,6,15H2. The lowest BCUT2D eigenvalue weighted by atomic mass is 10.2. The van der Waals surface area contributed by atoms with Crippen LogP contribution in [-0.4, -0.2) is 4.98 Å². The number of alkyl halides is 3. The van der Waals surface area contributed by atoms with Gasteiger partial charge in [0.05, 0.1) is 11.8 Å². The molecular formula is C11H9F3N2OS. The van der Waals surface area contributed by atoms with Crippen LogP contribution in [0.1, 0.15) is 10.6 Å². The van der Waals surface area contributed by atoms with E-state index >= 15 is 0 Å². The van der Waals surface area contributed by atoms with Gasteiger partial charge in [-0.05, 0) is 24.3 Å². The first-order valence-electron chi connectivity index (χ1n) is 4.95. The number of nitrogen functional groups attached to an aromatic ring is 1. The molecule has 0 atom stereocenters. The fourth-order valence-electron chi connectivity index (χ4n) is 1.28. The van der Waals surface area contributed by atoms with Gasteiger partial charge in [-0.1, -0.05) is 11.3 Å². The Morgan fingerprint density at radius 2 is 1.89 bits per heavy atom. The zero-order valence-corrected chi connectivity index (χ0v) is 9.89. The summed E-state index contributed by atoms with van der Waals surface area (Å²) in [6.45, 7) is 0.188. The zero-order chi connectivity index (χ0) is 13.2. The lowest BCUT2D eigenvalue weighted by Gasteiger charge is -2.08. The highest BCUT2D eigenvalue weighted by Crippen LogP contribution is 2.30. The van der Waals surface area contributed by atoms with Crippen molar-refractivity contribution in [3.63, 3.8) is 0 Å². The third-order valence-corrected chi connectivity index (χ3v) is 2.92. The molecule has 1 heterocycles. The van der Waals surface area contributed by atoms with Crippen molar-refractivity contribution in [3.8, 4) is 5.75 Å². The molecule has 0 aliphatic heterocycles. The van der Waals surface area contributed by atoms with Crippen molar-refractivity contribution in [2.45, 2.75) is 12.8 Å². The molecule has 3 nitrogen and oxygen atoms in total. The van der Waals surface area contributed by atoms with Crippen LogP contribution < -0.4 is 10.5 Å². The van der Waals surface area contributed by atoms with E-state index in [1.807, 2.05) is 0 Å². The van der Waals surface area contributed by atoms with Crippen LogP contribution in [0.5, 0.6) is 5.75 Å². The molecule has 1 aromatic carbocycles. The topological polar surface area (TPSA) is 48.1 Å². The number of rotatable bonds is 3. The molecule has 0 amide bonds. The van der Waals surface area contributed by atoms with Gasteiger partial charge in [-0.2, -0.15) is 13.2 Å². The Bertz CT molecular complexity index is 522. The molecule has 7 heteroatoms. The van der Waals surface area contributed by atoms with Crippen LogP contribution in [0.3, 0.4) is 0 Å². The summed E-state index contributed by atoms with van der Waals surface area (Å²) >= 11 is 1.28. The summed E-state index contributed by atoms with van der Waals surface area (Å²) in [5.41, 5.74) is 4.79. The molecule has 1 aromatic heterocycles. The van der Waals surface area contributed by atoms with Crippen molar-refractivity contribution in [2.75, 3.05) is 5.73 Å². The van der Waals surface area contributed by atoms with Crippen LogP contribution in [0.15, 0.2) is 30.5 Å². The Kier molecular flexibility index (Phi) is 3.42. The molecule has 0 bridgehead atoms. The maximum absolute atomic E-state index is 12.3. The fourth-order valence-corrected chi connectivity index (χ4v) is 1.88. The average Bonchev–Trinajstić information content (AvgIpc) is 2.72. The van der Waals surface area contributed by atoms with Gasteiger partial charge in [0.2, 0.25) is 0 Å². The van der Waals surface area contributed by atoms with Gasteiger partial charge in [0.25, 0.3) is 0 Å². The molecule has 0 fully saturated rings. The van der Waals surface area contributed by atoms with Gasteiger partial charge in [-0.25, -0.2) is 4.98 Å². The molecular weight excluding hydrogens is 265 g/mol. The molecule has 0 spiro atoms. The SMILES string of the molecule is Nc1cnc(COc2ccc(C(F)(F)F)cc2)s1. The second kappa shape index (κ2) is 4.85.